The summed E-state index contributed by atoms with van der Waals surface area (Å²) in [5, 5.41) is 4.24. The summed E-state index contributed by atoms with van der Waals surface area (Å²) in [7, 11) is 0. The quantitative estimate of drug-likeness (QED) is 0.547. The van der Waals surface area contributed by atoms with Crippen molar-refractivity contribution in [3.8, 4) is 11.1 Å². The standard InChI is InChI=1S/C25H30ClN3O2S/c1-14(2)9-21-19(11-27)24(17-7-5-15(3)6-8-17)18(16(4)28-21)10-23(30)29-22-13-32-12-20(22)25(26)31/h5-8,13-14,20H,9-12,27H2,1-4H3,(H,29,30). The lowest BCUT2D eigenvalue weighted by atomic mass is 9.88. The first-order chi connectivity index (χ1) is 15.2. The molecule has 1 atom stereocenters. The van der Waals surface area contributed by atoms with Crippen molar-refractivity contribution in [3.63, 3.8) is 0 Å². The highest BCUT2D eigenvalue weighted by Crippen LogP contribution is 2.33. The molecule has 1 aliphatic rings. The molecule has 0 saturated heterocycles. The van der Waals surface area contributed by atoms with Crippen molar-refractivity contribution in [3.05, 3.63) is 63.4 Å². The van der Waals surface area contributed by atoms with Crippen LogP contribution in [0.15, 0.2) is 35.4 Å². The topological polar surface area (TPSA) is 85.1 Å². The predicted octanol–water partition coefficient (Wildman–Crippen LogP) is 4.65. The maximum absolute atomic E-state index is 13.0. The van der Waals surface area contributed by atoms with Crippen molar-refractivity contribution < 1.29 is 9.59 Å². The Kier molecular flexibility index (Phi) is 8.15. The molecular formula is C25H30ClN3O2S. The zero-order valence-electron chi connectivity index (χ0n) is 19.0. The molecule has 1 aliphatic heterocycles. The largest absolute Gasteiger partial charge is 0.328 e. The van der Waals surface area contributed by atoms with Crippen LogP contribution >= 0.6 is 23.4 Å². The van der Waals surface area contributed by atoms with Crippen LogP contribution in [0.25, 0.3) is 11.1 Å². The van der Waals surface area contributed by atoms with Gasteiger partial charge in [-0.1, -0.05) is 43.7 Å². The highest BCUT2D eigenvalue weighted by molar-refractivity contribution is 8.02. The lowest BCUT2D eigenvalue weighted by molar-refractivity contribution is -0.120. The number of carbonyl (C=O) groups is 2. The van der Waals surface area contributed by atoms with Crippen molar-refractivity contribution in [1.29, 1.82) is 0 Å². The number of nitrogens with two attached hydrogens (primary N) is 1. The van der Waals surface area contributed by atoms with E-state index >= 15 is 0 Å². The van der Waals surface area contributed by atoms with Crippen LogP contribution in [0, 0.1) is 25.7 Å². The van der Waals surface area contributed by atoms with E-state index in [1.165, 1.54) is 11.8 Å². The Morgan fingerprint density at radius 2 is 1.91 bits per heavy atom. The Labute approximate surface area is 199 Å². The number of halogens is 1. The summed E-state index contributed by atoms with van der Waals surface area (Å²) in [5.41, 5.74) is 13.6. The van der Waals surface area contributed by atoms with Crippen molar-refractivity contribution in [2.45, 2.75) is 47.1 Å². The van der Waals surface area contributed by atoms with Crippen LogP contribution in [-0.2, 0) is 29.0 Å². The Bertz CT molecular complexity index is 1050. The number of hydrogen-bond acceptors (Lipinski definition) is 5. The monoisotopic (exact) mass is 471 g/mol. The van der Waals surface area contributed by atoms with Crippen molar-refractivity contribution in [2.24, 2.45) is 17.6 Å². The van der Waals surface area contributed by atoms with Crippen molar-refractivity contribution >= 4 is 34.5 Å². The first-order valence-electron chi connectivity index (χ1n) is 10.8. The Balaban J connectivity index is 2.03. The highest BCUT2D eigenvalue weighted by atomic mass is 35.5. The number of nitrogens with one attached hydrogen (secondary N) is 1. The minimum atomic E-state index is -0.477. The van der Waals surface area contributed by atoms with Crippen LogP contribution in [0.5, 0.6) is 0 Å². The molecule has 7 heteroatoms. The molecule has 5 nitrogen and oxygen atoms in total. The van der Waals surface area contributed by atoms with Crippen LogP contribution in [0.1, 0.15) is 41.9 Å². The summed E-state index contributed by atoms with van der Waals surface area (Å²) in [5.74, 6) is 0.312. The maximum Gasteiger partial charge on any atom is 0.231 e. The number of rotatable bonds is 8. The smallest absolute Gasteiger partial charge is 0.231 e. The molecule has 1 aromatic carbocycles. The molecule has 0 radical (unpaired) electrons. The SMILES string of the molecule is Cc1ccc(-c2c(CC(=O)NC3=CSCC3C(=O)Cl)c(C)nc(CC(C)C)c2CN)cc1. The van der Waals surface area contributed by atoms with Crippen molar-refractivity contribution in [2.75, 3.05) is 5.75 Å². The number of nitrogens with zero attached hydrogens (tertiary/aromatic N) is 1. The zero-order valence-corrected chi connectivity index (χ0v) is 20.6. The third-order valence-electron chi connectivity index (χ3n) is 5.58. The number of thioether (sulfide) groups is 1. The number of benzene rings is 1. The van der Waals surface area contributed by atoms with Crippen LogP contribution in [-0.4, -0.2) is 21.9 Å². The van der Waals surface area contributed by atoms with Crippen LogP contribution in [0.2, 0.25) is 0 Å². The maximum atomic E-state index is 13.0. The third kappa shape index (κ3) is 5.61. The predicted molar refractivity (Wildman–Crippen MR) is 132 cm³/mol. The molecule has 1 amide bonds. The van der Waals surface area contributed by atoms with Gasteiger partial charge in [0.1, 0.15) is 0 Å². The Morgan fingerprint density at radius 1 is 1.22 bits per heavy atom. The molecule has 1 unspecified atom stereocenters. The van der Waals surface area contributed by atoms with Crippen LogP contribution < -0.4 is 11.1 Å². The van der Waals surface area contributed by atoms with E-state index < -0.39 is 11.2 Å². The summed E-state index contributed by atoms with van der Waals surface area (Å²) in [6.07, 6.45) is 0.963. The number of pyridine rings is 1. The first-order valence-corrected chi connectivity index (χ1v) is 12.2. The first kappa shape index (κ1) is 24.5. The molecule has 0 bridgehead atoms. The summed E-state index contributed by atoms with van der Waals surface area (Å²) in [4.78, 5) is 29.5. The molecule has 1 aromatic heterocycles. The van der Waals surface area contributed by atoms with Gasteiger partial charge in [-0.25, -0.2) is 0 Å². The molecule has 170 valence electrons. The van der Waals surface area contributed by atoms with Gasteiger partial charge >= 0.3 is 0 Å². The van der Waals surface area contributed by atoms with E-state index in [4.69, 9.17) is 22.3 Å². The fourth-order valence-electron chi connectivity index (χ4n) is 3.98. The normalized spacial score (nSPS) is 15.7. The number of hydrogen-bond donors (Lipinski definition) is 2. The summed E-state index contributed by atoms with van der Waals surface area (Å²) < 4.78 is 0. The van der Waals surface area contributed by atoms with Gasteiger partial charge in [-0.2, -0.15) is 0 Å². The van der Waals surface area contributed by atoms with Crippen LogP contribution in [0.4, 0.5) is 0 Å². The number of amides is 1. The van der Waals surface area contributed by atoms with Crippen molar-refractivity contribution in [1.82, 2.24) is 10.3 Å². The molecule has 3 rings (SSSR count). The average Bonchev–Trinajstić information content (AvgIpc) is 3.18. The van der Waals surface area contributed by atoms with Gasteiger partial charge in [-0.3, -0.25) is 14.6 Å². The number of aromatic nitrogens is 1. The molecule has 0 spiro atoms. The summed E-state index contributed by atoms with van der Waals surface area (Å²) >= 11 is 7.17. The molecule has 2 aromatic rings. The molecule has 0 fully saturated rings. The van der Waals surface area contributed by atoms with E-state index in [0.717, 1.165) is 45.6 Å². The molecule has 32 heavy (non-hydrogen) atoms. The average molecular weight is 472 g/mol. The van der Waals surface area contributed by atoms with E-state index in [-0.39, 0.29) is 12.3 Å². The Morgan fingerprint density at radius 3 is 2.50 bits per heavy atom. The lowest BCUT2D eigenvalue weighted by Crippen LogP contribution is -2.30. The fraction of sp³-hybridized carbons (Fsp3) is 0.400. The van der Waals surface area contributed by atoms with E-state index in [1.54, 1.807) is 5.41 Å². The van der Waals surface area contributed by atoms with E-state index in [0.29, 0.717) is 23.9 Å². The van der Waals surface area contributed by atoms with Gasteiger partial charge in [0.2, 0.25) is 11.1 Å². The van der Waals surface area contributed by atoms with Gasteiger partial charge in [0.15, 0.2) is 0 Å². The second-order valence-electron chi connectivity index (χ2n) is 8.63. The number of allylic oxidation sites excluding steroid dienone is 1. The molecule has 0 aliphatic carbocycles. The number of aryl methyl sites for hydroxylation is 2. The van der Waals surface area contributed by atoms with Gasteiger partial charge in [0.05, 0.1) is 12.3 Å². The molecular weight excluding hydrogens is 442 g/mol. The minimum absolute atomic E-state index is 0.141. The second kappa shape index (κ2) is 10.6. The van der Waals surface area contributed by atoms with Gasteiger partial charge in [-0.15, -0.1) is 11.8 Å². The van der Waals surface area contributed by atoms with E-state index in [1.807, 2.05) is 13.8 Å². The Hall–Kier alpha value is -2.15. The van der Waals surface area contributed by atoms with Gasteiger partial charge < -0.3 is 11.1 Å². The second-order valence-corrected chi connectivity index (χ2v) is 9.91. The van der Waals surface area contributed by atoms with Gasteiger partial charge in [0.25, 0.3) is 0 Å². The van der Waals surface area contributed by atoms with Gasteiger partial charge in [-0.05, 0) is 65.4 Å². The van der Waals surface area contributed by atoms with E-state index in [2.05, 4.69) is 43.4 Å². The highest BCUT2D eigenvalue weighted by Gasteiger charge is 2.28. The van der Waals surface area contributed by atoms with Crippen LogP contribution in [0.3, 0.4) is 0 Å². The zero-order chi connectivity index (χ0) is 23.4. The number of carbonyl (C=O) groups excluding carboxylic acids is 2. The van der Waals surface area contributed by atoms with E-state index in [9.17, 15) is 9.59 Å². The molecule has 3 N–H and O–H groups in total. The molecule has 0 saturated carbocycles. The van der Waals surface area contributed by atoms with Gasteiger partial charge in [0, 0.05) is 29.4 Å². The minimum Gasteiger partial charge on any atom is -0.328 e. The fourth-order valence-corrected chi connectivity index (χ4v) is 5.29. The lowest BCUT2D eigenvalue weighted by Gasteiger charge is -2.21. The summed E-state index contributed by atoms with van der Waals surface area (Å²) in [6.45, 7) is 8.65. The third-order valence-corrected chi connectivity index (χ3v) is 6.79. The molecule has 2 heterocycles. The summed E-state index contributed by atoms with van der Waals surface area (Å²) in [6, 6.07) is 8.27.